The largest absolute Gasteiger partial charge is 0.481 e. The number of carboxylic acids is 1. The zero-order valence-corrected chi connectivity index (χ0v) is 30.6. The van der Waals surface area contributed by atoms with E-state index in [1.54, 1.807) is 0 Å². The third-order valence-electron chi connectivity index (χ3n) is 9.89. The molecule has 0 radical (unpaired) electrons. The smallest absolute Gasteiger partial charge is 0.416 e. The first-order chi connectivity index (χ1) is 28.4. The van der Waals surface area contributed by atoms with E-state index in [1.807, 2.05) is 0 Å². The van der Waals surface area contributed by atoms with Gasteiger partial charge in [-0.15, -0.1) is 0 Å². The van der Waals surface area contributed by atoms with E-state index in [0.29, 0.717) is 29.8 Å². The maximum atomic E-state index is 14.6. The number of alkyl halides is 12. The van der Waals surface area contributed by atoms with E-state index in [2.05, 4.69) is 0 Å². The van der Waals surface area contributed by atoms with Crippen LogP contribution in [0.2, 0.25) is 0 Å². The summed E-state index contributed by atoms with van der Waals surface area (Å²) in [6, 6.07) is 13.7. The molecule has 0 aliphatic carbocycles. The van der Waals surface area contributed by atoms with Crippen LogP contribution in [0.5, 0.6) is 11.5 Å². The van der Waals surface area contributed by atoms with Crippen molar-refractivity contribution < 1.29 is 76.9 Å². The van der Waals surface area contributed by atoms with Gasteiger partial charge < -0.3 is 14.7 Å². The minimum absolute atomic E-state index is 0.0450. The highest BCUT2D eigenvalue weighted by atomic mass is 19.4. The summed E-state index contributed by atoms with van der Waals surface area (Å²) in [5.74, 6) is -3.01. The van der Waals surface area contributed by atoms with Gasteiger partial charge in [-0.25, -0.2) is 0 Å². The second-order valence-corrected chi connectivity index (χ2v) is 13.8. The third kappa shape index (κ3) is 7.96. The number of carbonyl (C=O) groups is 3. The van der Waals surface area contributed by atoms with Crippen LogP contribution >= 0.6 is 0 Å². The average molecular weight is 862 g/mol. The first-order valence-corrected chi connectivity index (χ1v) is 17.5. The fourth-order valence-electron chi connectivity index (χ4n) is 7.13. The number of para-hydroxylation sites is 1. The molecular weight excluding hydrogens is 838 g/mol. The van der Waals surface area contributed by atoms with Crippen LogP contribution in [0.1, 0.15) is 48.5 Å². The topological polar surface area (TPSA) is 83.9 Å². The molecule has 1 amide bonds. The van der Waals surface area contributed by atoms with Gasteiger partial charge in [0.15, 0.2) is 6.29 Å². The van der Waals surface area contributed by atoms with Crippen LogP contribution < -0.4 is 9.64 Å². The lowest BCUT2D eigenvalue weighted by Crippen LogP contribution is -2.27. The van der Waals surface area contributed by atoms with Gasteiger partial charge in [-0.3, -0.25) is 14.4 Å². The van der Waals surface area contributed by atoms with Crippen LogP contribution in [0.3, 0.4) is 0 Å². The van der Waals surface area contributed by atoms with Crippen LogP contribution in [0.25, 0.3) is 44.2 Å². The first kappa shape index (κ1) is 42.3. The third-order valence-corrected chi connectivity index (χ3v) is 9.89. The summed E-state index contributed by atoms with van der Waals surface area (Å²) >= 11 is 0. The Bertz CT molecular complexity index is 2720. The molecule has 1 aliphatic heterocycles. The number of benzene rings is 6. The van der Waals surface area contributed by atoms with E-state index in [1.165, 1.54) is 55.6 Å². The van der Waals surface area contributed by atoms with Gasteiger partial charge in [0.25, 0.3) is 5.91 Å². The molecule has 61 heavy (non-hydrogen) atoms. The summed E-state index contributed by atoms with van der Waals surface area (Å²) in [6.45, 7) is 0. The predicted octanol–water partition coefficient (Wildman–Crippen LogP) is 12.7. The molecule has 6 aromatic carbocycles. The number of aldehydes is 1. The molecule has 314 valence electrons. The molecule has 7 rings (SSSR count). The van der Waals surface area contributed by atoms with Crippen LogP contribution in [0, 0.1) is 0 Å². The van der Waals surface area contributed by atoms with Gasteiger partial charge in [0.2, 0.25) is 0 Å². The van der Waals surface area contributed by atoms with Gasteiger partial charge >= 0.3 is 30.7 Å². The van der Waals surface area contributed by atoms with Crippen molar-refractivity contribution in [3.05, 3.63) is 136 Å². The van der Waals surface area contributed by atoms with Gasteiger partial charge in [-0.2, -0.15) is 52.7 Å². The monoisotopic (exact) mass is 861 g/mol. The molecule has 0 atom stereocenters. The molecule has 1 heterocycles. The number of carbonyl (C=O) groups excluding carboxylic acids is 2. The van der Waals surface area contributed by atoms with E-state index in [-0.39, 0.29) is 46.4 Å². The number of hydrogen-bond donors (Lipinski definition) is 1. The molecule has 18 heteroatoms. The number of rotatable bonds is 7. The van der Waals surface area contributed by atoms with Crippen molar-refractivity contribution >= 4 is 34.6 Å². The first-order valence-electron chi connectivity index (χ1n) is 17.5. The van der Waals surface area contributed by atoms with Gasteiger partial charge in [0.1, 0.15) is 11.5 Å². The summed E-state index contributed by atoms with van der Waals surface area (Å²) in [7, 11) is 1.20. The zero-order valence-electron chi connectivity index (χ0n) is 30.6. The van der Waals surface area contributed by atoms with Gasteiger partial charge in [0, 0.05) is 51.3 Å². The van der Waals surface area contributed by atoms with Crippen LogP contribution in [0.4, 0.5) is 58.4 Å². The number of anilines is 1. The highest BCUT2D eigenvalue weighted by Gasteiger charge is 2.40. The van der Waals surface area contributed by atoms with Gasteiger partial charge in [-0.1, -0.05) is 30.3 Å². The number of hydrogen-bond acceptors (Lipinski definition) is 4. The van der Waals surface area contributed by atoms with Crippen LogP contribution in [-0.2, 0) is 35.9 Å². The predicted molar refractivity (Wildman–Crippen MR) is 196 cm³/mol. The molecule has 6 nitrogen and oxygen atoms in total. The summed E-state index contributed by atoms with van der Waals surface area (Å²) < 4.78 is 177. The number of halogens is 12. The highest BCUT2D eigenvalue weighted by Crippen LogP contribution is 2.56. The molecule has 6 aromatic rings. The normalized spacial score (nSPS) is 12.8. The lowest BCUT2D eigenvalue weighted by Gasteiger charge is -2.29. The maximum absolute atomic E-state index is 14.6. The molecule has 0 spiro atoms. The minimum atomic E-state index is -5.37. The van der Waals surface area contributed by atoms with Gasteiger partial charge in [-0.05, 0) is 89.0 Å². The molecule has 1 N–H and O–H groups in total. The van der Waals surface area contributed by atoms with E-state index in [0.717, 1.165) is 17.0 Å². The molecule has 0 aromatic heterocycles. The fourth-order valence-corrected chi connectivity index (χ4v) is 7.13. The molecule has 0 unspecified atom stereocenters. The Labute approximate surface area is 335 Å². The van der Waals surface area contributed by atoms with Crippen molar-refractivity contribution in [2.45, 2.75) is 31.1 Å². The van der Waals surface area contributed by atoms with E-state index >= 15 is 0 Å². The number of ether oxygens (including phenoxy) is 1. The Morgan fingerprint density at radius 1 is 0.623 bits per heavy atom. The van der Waals surface area contributed by atoms with Crippen molar-refractivity contribution in [2.24, 2.45) is 0 Å². The summed E-state index contributed by atoms with van der Waals surface area (Å²) in [4.78, 5) is 39.8. The van der Waals surface area contributed by atoms with E-state index in [9.17, 15) is 67.1 Å². The number of nitrogens with zero attached hydrogens (tertiary/aromatic N) is 1. The van der Waals surface area contributed by atoms with E-state index in [4.69, 9.17) is 9.84 Å². The quantitative estimate of drug-likeness (QED) is 0.127. The number of fused-ring (bicyclic) bond motifs is 2. The fraction of sp³-hybridized carbons (Fsp3) is 0.140. The van der Waals surface area contributed by atoms with Gasteiger partial charge in [0.05, 0.1) is 28.7 Å². The summed E-state index contributed by atoms with van der Waals surface area (Å²) in [5, 5.41) is 8.39. The Hall–Kier alpha value is -6.85. The minimum Gasteiger partial charge on any atom is -0.481 e. The Kier molecular flexibility index (Phi) is 10.2. The second kappa shape index (κ2) is 14.7. The Balaban J connectivity index is 1.65. The zero-order chi connectivity index (χ0) is 44.6. The highest BCUT2D eigenvalue weighted by molar-refractivity contribution is 6.25. The number of amides is 1. The second-order valence-electron chi connectivity index (χ2n) is 13.8. The molecule has 0 bridgehead atoms. The number of aliphatic carboxylic acids is 1. The molecule has 0 saturated carbocycles. The molecule has 1 aliphatic rings. The van der Waals surface area contributed by atoms with Crippen molar-refractivity contribution in [2.75, 3.05) is 11.9 Å². The maximum Gasteiger partial charge on any atom is 0.416 e. The van der Waals surface area contributed by atoms with Crippen LogP contribution in [-0.4, -0.2) is 30.3 Å². The lowest BCUT2D eigenvalue weighted by atomic mass is 9.81. The molecule has 0 fully saturated rings. The Morgan fingerprint density at radius 3 is 1.59 bits per heavy atom. The summed E-state index contributed by atoms with van der Waals surface area (Å²) in [5.41, 5.74) is -10.7. The average Bonchev–Trinajstić information content (AvgIpc) is 3.18. The van der Waals surface area contributed by atoms with E-state index < -0.39 is 110 Å². The number of carboxylic acid groups (broad SMARTS) is 1. The van der Waals surface area contributed by atoms with Crippen molar-refractivity contribution in [1.29, 1.82) is 0 Å². The standard InChI is InChI=1S/C43H23F12NO5/c1-56(28-8-6-20(7-9-28)10-34(58)59)39(60)32-18-31(22-13-26(42(50,51)52)17-27(14-22)43(53,54)55)38-37-35(32)23(19-57)15-30(36(37)29-4-2-3-5-33(29)61-38)21-11-24(40(44,45)46)16-25(12-21)41(47,48)49/h2-9,11-19H,10H2,1H3,(H,58,59). The van der Waals surface area contributed by atoms with Crippen molar-refractivity contribution in [1.82, 2.24) is 0 Å². The lowest BCUT2D eigenvalue weighted by molar-refractivity contribution is -0.144. The van der Waals surface area contributed by atoms with Crippen LogP contribution in [0.15, 0.2) is 97.1 Å². The van der Waals surface area contributed by atoms with Crippen molar-refractivity contribution in [3.63, 3.8) is 0 Å². The van der Waals surface area contributed by atoms with Crippen molar-refractivity contribution in [3.8, 4) is 44.9 Å². The molecular formula is C43H23F12NO5. The summed E-state index contributed by atoms with van der Waals surface area (Å²) in [6.07, 6.45) is -21.7. The Morgan fingerprint density at radius 2 is 1.11 bits per heavy atom. The molecule has 0 saturated heterocycles. The SMILES string of the molecule is CN(C(=O)c1cc(-c2cc(C(F)(F)F)cc(C(F)(F)F)c2)c2c3c(c(-c4cc(C(F)(F)F)cc(C(F)(F)F)c4)cc(C=O)c13)-c1ccccc1O2)c1ccc(CC(=O)O)cc1.